The second kappa shape index (κ2) is 6.19. The molecule has 6 heteroatoms. The minimum atomic E-state index is -2.95. The summed E-state index contributed by atoms with van der Waals surface area (Å²) in [6, 6.07) is 7.12. The highest BCUT2D eigenvalue weighted by atomic mass is 35.5. The van der Waals surface area contributed by atoms with E-state index in [9.17, 15) is 8.42 Å². The van der Waals surface area contributed by atoms with Crippen LogP contribution >= 0.6 is 11.6 Å². The van der Waals surface area contributed by atoms with Gasteiger partial charge in [-0.15, -0.1) is 0 Å². The fourth-order valence-electron chi connectivity index (χ4n) is 1.44. The quantitative estimate of drug-likeness (QED) is 0.826. The zero-order valence-electron chi connectivity index (χ0n) is 10.4. The van der Waals surface area contributed by atoms with Gasteiger partial charge in [0.25, 0.3) is 0 Å². The fourth-order valence-corrected chi connectivity index (χ4v) is 2.32. The summed E-state index contributed by atoms with van der Waals surface area (Å²) in [6.45, 7) is 1.01. The standard InChI is InChI=1S/C12H15ClN2O2S/c1-15(5-6-18(2,16)17)9-11-4-3-10(8-14)7-12(11)13/h3-4,7H,5-6,9H2,1-2H3. The van der Waals surface area contributed by atoms with Crippen molar-refractivity contribution in [2.45, 2.75) is 6.54 Å². The van der Waals surface area contributed by atoms with E-state index in [4.69, 9.17) is 16.9 Å². The van der Waals surface area contributed by atoms with Gasteiger partial charge >= 0.3 is 0 Å². The number of nitrogens with zero attached hydrogens (tertiary/aromatic N) is 2. The number of hydrogen-bond donors (Lipinski definition) is 0. The zero-order valence-corrected chi connectivity index (χ0v) is 11.9. The first kappa shape index (κ1) is 15.0. The first-order chi connectivity index (χ1) is 8.31. The minimum absolute atomic E-state index is 0.122. The van der Waals surface area contributed by atoms with Gasteiger partial charge in [0.2, 0.25) is 0 Å². The van der Waals surface area contributed by atoms with E-state index in [0.717, 1.165) is 5.56 Å². The lowest BCUT2D eigenvalue weighted by Crippen LogP contribution is -2.25. The van der Waals surface area contributed by atoms with Gasteiger partial charge in [0, 0.05) is 24.4 Å². The Bertz CT molecular complexity index is 564. The molecule has 1 aromatic carbocycles. The largest absolute Gasteiger partial charge is 0.301 e. The van der Waals surface area contributed by atoms with Crippen LogP contribution in [0.1, 0.15) is 11.1 Å². The van der Waals surface area contributed by atoms with Gasteiger partial charge in [-0.1, -0.05) is 17.7 Å². The first-order valence-electron chi connectivity index (χ1n) is 5.36. The Labute approximate surface area is 113 Å². The fraction of sp³-hybridized carbons (Fsp3) is 0.417. The molecule has 0 aliphatic rings. The second-order valence-corrected chi connectivity index (χ2v) is 6.95. The van der Waals surface area contributed by atoms with Crippen LogP contribution < -0.4 is 0 Å². The van der Waals surface area contributed by atoms with Crippen molar-refractivity contribution in [2.24, 2.45) is 0 Å². The third-order valence-corrected chi connectivity index (χ3v) is 3.74. The molecular formula is C12H15ClN2O2S. The lowest BCUT2D eigenvalue weighted by molar-refractivity contribution is 0.346. The normalized spacial score (nSPS) is 11.5. The van der Waals surface area contributed by atoms with Crippen LogP contribution in [0.15, 0.2) is 18.2 Å². The van der Waals surface area contributed by atoms with Crippen LogP contribution in [0.2, 0.25) is 5.02 Å². The highest BCUT2D eigenvalue weighted by Crippen LogP contribution is 2.18. The molecule has 0 aromatic heterocycles. The maximum atomic E-state index is 11.0. The van der Waals surface area contributed by atoms with E-state index in [0.29, 0.717) is 23.7 Å². The average Bonchev–Trinajstić information content (AvgIpc) is 2.28. The van der Waals surface area contributed by atoms with Gasteiger partial charge in [0.05, 0.1) is 17.4 Å². The Hall–Kier alpha value is -1.09. The predicted octanol–water partition coefficient (Wildman–Crippen LogP) is 1.69. The van der Waals surface area contributed by atoms with Crippen LogP contribution in [0, 0.1) is 11.3 Å². The molecule has 0 aliphatic carbocycles. The molecule has 1 rings (SSSR count). The monoisotopic (exact) mass is 286 g/mol. The summed E-state index contributed by atoms with van der Waals surface area (Å²) in [7, 11) is -1.12. The van der Waals surface area contributed by atoms with Crippen molar-refractivity contribution < 1.29 is 8.42 Å². The van der Waals surface area contributed by atoms with Crippen molar-refractivity contribution in [1.82, 2.24) is 4.90 Å². The summed E-state index contributed by atoms with van der Waals surface area (Å²) >= 11 is 6.05. The molecule has 0 radical (unpaired) electrons. The zero-order chi connectivity index (χ0) is 13.8. The Morgan fingerprint density at radius 1 is 1.44 bits per heavy atom. The second-order valence-electron chi connectivity index (χ2n) is 4.29. The van der Waals surface area contributed by atoms with Crippen LogP contribution in [-0.2, 0) is 16.4 Å². The average molecular weight is 287 g/mol. The highest BCUT2D eigenvalue weighted by molar-refractivity contribution is 7.90. The van der Waals surface area contributed by atoms with Crippen molar-refractivity contribution in [3.63, 3.8) is 0 Å². The van der Waals surface area contributed by atoms with Crippen molar-refractivity contribution in [2.75, 3.05) is 25.6 Å². The third-order valence-electron chi connectivity index (χ3n) is 2.47. The number of hydrogen-bond acceptors (Lipinski definition) is 4. The lowest BCUT2D eigenvalue weighted by atomic mass is 10.1. The molecule has 0 fully saturated rings. The van der Waals surface area contributed by atoms with E-state index in [-0.39, 0.29) is 5.75 Å². The minimum Gasteiger partial charge on any atom is -0.301 e. The van der Waals surface area contributed by atoms with Crippen molar-refractivity contribution in [3.05, 3.63) is 34.3 Å². The van der Waals surface area contributed by atoms with E-state index < -0.39 is 9.84 Å². The molecule has 0 saturated carbocycles. The predicted molar refractivity (Wildman–Crippen MR) is 72.2 cm³/mol. The van der Waals surface area contributed by atoms with E-state index >= 15 is 0 Å². The summed E-state index contributed by atoms with van der Waals surface area (Å²) in [6.07, 6.45) is 1.22. The molecule has 0 unspecified atom stereocenters. The van der Waals surface area contributed by atoms with E-state index in [1.54, 1.807) is 18.2 Å². The molecule has 0 saturated heterocycles. The SMILES string of the molecule is CN(CCS(C)(=O)=O)Cc1ccc(C#N)cc1Cl. The van der Waals surface area contributed by atoms with Crippen molar-refractivity contribution in [3.8, 4) is 6.07 Å². The molecule has 0 atom stereocenters. The third kappa shape index (κ3) is 5.05. The Morgan fingerprint density at radius 2 is 2.11 bits per heavy atom. The van der Waals surface area contributed by atoms with Gasteiger partial charge in [-0.2, -0.15) is 5.26 Å². The summed E-state index contributed by atoms with van der Waals surface area (Å²) in [5, 5.41) is 9.25. The lowest BCUT2D eigenvalue weighted by Gasteiger charge is -2.16. The number of sulfone groups is 1. The number of halogens is 1. The molecule has 0 bridgehead atoms. The smallest absolute Gasteiger partial charge is 0.148 e. The van der Waals surface area contributed by atoms with Gasteiger partial charge in [-0.05, 0) is 24.7 Å². The van der Waals surface area contributed by atoms with E-state index in [2.05, 4.69) is 0 Å². The number of rotatable bonds is 5. The van der Waals surface area contributed by atoms with Crippen LogP contribution in [0.5, 0.6) is 0 Å². The molecule has 0 spiro atoms. The molecule has 0 amide bonds. The van der Waals surface area contributed by atoms with Crippen molar-refractivity contribution in [1.29, 1.82) is 5.26 Å². The van der Waals surface area contributed by atoms with Crippen molar-refractivity contribution >= 4 is 21.4 Å². The van der Waals surface area contributed by atoms with Crippen LogP contribution in [0.25, 0.3) is 0 Å². The summed E-state index contributed by atoms with van der Waals surface area (Å²) in [4.78, 5) is 1.88. The molecule has 0 heterocycles. The Kier molecular flexibility index (Phi) is 5.15. The number of nitriles is 1. The molecule has 18 heavy (non-hydrogen) atoms. The molecule has 4 nitrogen and oxygen atoms in total. The molecule has 98 valence electrons. The van der Waals surface area contributed by atoms with Crippen LogP contribution in [0.4, 0.5) is 0 Å². The molecule has 0 aliphatic heterocycles. The van der Waals surface area contributed by atoms with Gasteiger partial charge in [0.1, 0.15) is 9.84 Å². The Balaban J connectivity index is 2.65. The highest BCUT2D eigenvalue weighted by Gasteiger charge is 2.08. The van der Waals surface area contributed by atoms with Gasteiger partial charge in [-0.25, -0.2) is 8.42 Å². The van der Waals surface area contributed by atoms with E-state index in [1.807, 2.05) is 18.0 Å². The molecule has 1 aromatic rings. The first-order valence-corrected chi connectivity index (χ1v) is 7.80. The summed E-state index contributed by atoms with van der Waals surface area (Å²) in [5.41, 5.74) is 1.40. The van der Waals surface area contributed by atoms with Gasteiger partial charge in [-0.3, -0.25) is 0 Å². The molecular weight excluding hydrogens is 272 g/mol. The Morgan fingerprint density at radius 3 is 2.61 bits per heavy atom. The topological polar surface area (TPSA) is 61.2 Å². The molecule has 0 N–H and O–H groups in total. The maximum Gasteiger partial charge on any atom is 0.148 e. The summed E-state index contributed by atoms with van der Waals surface area (Å²) < 4.78 is 22.1. The number of benzene rings is 1. The van der Waals surface area contributed by atoms with Crippen LogP contribution in [0.3, 0.4) is 0 Å². The summed E-state index contributed by atoms with van der Waals surface area (Å²) in [5.74, 6) is 0.122. The van der Waals surface area contributed by atoms with Gasteiger partial charge in [0.15, 0.2) is 0 Å². The van der Waals surface area contributed by atoms with Gasteiger partial charge < -0.3 is 4.90 Å². The van der Waals surface area contributed by atoms with E-state index in [1.165, 1.54) is 6.26 Å². The maximum absolute atomic E-state index is 11.0. The van der Waals surface area contributed by atoms with Crippen LogP contribution in [-0.4, -0.2) is 38.9 Å².